The lowest BCUT2D eigenvalue weighted by Gasteiger charge is -2.45. The Balaban J connectivity index is 1.97. The van der Waals surface area contributed by atoms with Crippen molar-refractivity contribution < 1.29 is 0 Å². The lowest BCUT2D eigenvalue weighted by Crippen LogP contribution is -2.46. The Hall–Kier alpha value is -0.530. The van der Waals surface area contributed by atoms with Gasteiger partial charge in [-0.05, 0) is 42.9 Å². The van der Waals surface area contributed by atoms with Crippen molar-refractivity contribution in [3.63, 3.8) is 0 Å². The second-order valence-corrected chi connectivity index (χ2v) is 7.89. The average molecular weight is 250 g/mol. The number of nitrogens with zero attached hydrogens (tertiary/aromatic N) is 1. The van der Waals surface area contributed by atoms with Gasteiger partial charge in [0.25, 0.3) is 0 Å². The molecule has 0 radical (unpaired) electrons. The fraction of sp³-hybridized carbons (Fsp3) is 0.938. The molecule has 0 bridgehead atoms. The third-order valence-corrected chi connectivity index (χ3v) is 4.30. The zero-order chi connectivity index (χ0) is 13.2. The van der Waals surface area contributed by atoms with Gasteiger partial charge in [0.1, 0.15) is 0 Å². The molecule has 0 amide bonds. The van der Waals surface area contributed by atoms with E-state index in [-0.39, 0.29) is 0 Å². The molecule has 1 saturated carbocycles. The summed E-state index contributed by atoms with van der Waals surface area (Å²) in [4.78, 5) is 4.72. The van der Waals surface area contributed by atoms with E-state index >= 15 is 0 Å². The maximum Gasteiger partial charge on any atom is 0.0965 e. The molecule has 2 heteroatoms. The molecule has 0 spiro atoms. The largest absolute Gasteiger partial charge is 0.371 e. The van der Waals surface area contributed by atoms with Gasteiger partial charge in [0.2, 0.25) is 0 Å². The Bertz CT molecular complexity index is 299. The van der Waals surface area contributed by atoms with E-state index in [0.717, 1.165) is 13.0 Å². The molecule has 0 aromatic carbocycles. The maximum absolute atomic E-state index is 4.72. The van der Waals surface area contributed by atoms with Crippen LogP contribution in [0.5, 0.6) is 0 Å². The molecule has 2 nitrogen and oxygen atoms in total. The third-order valence-electron chi connectivity index (χ3n) is 4.30. The summed E-state index contributed by atoms with van der Waals surface area (Å²) in [6.45, 7) is 10.7. The SMILES string of the molecule is CC1(C)CC(NC2=NCCCCC2)CC(C)(C)C1. The molecule has 0 atom stereocenters. The minimum Gasteiger partial charge on any atom is -0.371 e. The first-order valence-corrected chi connectivity index (χ1v) is 7.66. The quantitative estimate of drug-likeness (QED) is 0.742. The Morgan fingerprint density at radius 2 is 1.67 bits per heavy atom. The summed E-state index contributed by atoms with van der Waals surface area (Å²) in [6.07, 6.45) is 9.00. The van der Waals surface area contributed by atoms with Crippen LogP contribution < -0.4 is 5.32 Å². The first-order chi connectivity index (χ1) is 8.36. The molecule has 104 valence electrons. The minimum absolute atomic E-state index is 0.463. The van der Waals surface area contributed by atoms with Gasteiger partial charge < -0.3 is 5.32 Å². The monoisotopic (exact) mass is 250 g/mol. The summed E-state index contributed by atoms with van der Waals surface area (Å²) in [5.74, 6) is 1.28. The van der Waals surface area contributed by atoms with Crippen LogP contribution in [0.4, 0.5) is 0 Å². The van der Waals surface area contributed by atoms with Crippen LogP contribution in [-0.2, 0) is 0 Å². The molecule has 0 aromatic heterocycles. The summed E-state index contributed by atoms with van der Waals surface area (Å²) >= 11 is 0. The van der Waals surface area contributed by atoms with Gasteiger partial charge >= 0.3 is 0 Å². The fourth-order valence-corrected chi connectivity index (χ4v) is 4.18. The van der Waals surface area contributed by atoms with E-state index in [2.05, 4.69) is 33.0 Å². The third kappa shape index (κ3) is 4.00. The Kier molecular flexibility index (Phi) is 4.03. The number of nitrogens with one attached hydrogen (secondary N) is 1. The molecule has 0 unspecified atom stereocenters. The van der Waals surface area contributed by atoms with Crippen LogP contribution >= 0.6 is 0 Å². The normalized spacial score (nSPS) is 28.3. The van der Waals surface area contributed by atoms with Crippen LogP contribution in [0.25, 0.3) is 0 Å². The van der Waals surface area contributed by atoms with Crippen LogP contribution in [0, 0.1) is 10.8 Å². The van der Waals surface area contributed by atoms with Gasteiger partial charge in [-0.3, -0.25) is 4.99 Å². The number of hydrogen-bond acceptors (Lipinski definition) is 2. The molecule has 2 aliphatic rings. The average Bonchev–Trinajstić information content (AvgIpc) is 2.40. The molecule has 1 heterocycles. The van der Waals surface area contributed by atoms with Gasteiger partial charge in [0, 0.05) is 19.0 Å². The lowest BCUT2D eigenvalue weighted by molar-refractivity contribution is 0.0920. The lowest BCUT2D eigenvalue weighted by atomic mass is 9.63. The summed E-state index contributed by atoms with van der Waals surface area (Å²) in [6, 6.07) is 0.626. The fourth-order valence-electron chi connectivity index (χ4n) is 4.18. The molecular formula is C16H30N2. The number of aliphatic imine (C=N–C) groups is 1. The van der Waals surface area contributed by atoms with Crippen LogP contribution in [-0.4, -0.2) is 18.4 Å². The highest BCUT2D eigenvalue weighted by Gasteiger charge is 2.38. The summed E-state index contributed by atoms with van der Waals surface area (Å²) in [7, 11) is 0. The second-order valence-electron chi connectivity index (χ2n) is 7.89. The molecule has 1 aliphatic heterocycles. The van der Waals surface area contributed by atoms with Crippen molar-refractivity contribution in [3.05, 3.63) is 0 Å². The first-order valence-electron chi connectivity index (χ1n) is 7.66. The molecule has 1 N–H and O–H groups in total. The summed E-state index contributed by atoms with van der Waals surface area (Å²) in [5.41, 5.74) is 0.926. The van der Waals surface area contributed by atoms with E-state index in [0.29, 0.717) is 16.9 Å². The standard InChI is InChI=1S/C16H30N2/c1-15(2)10-13(11-16(3,4)12-15)18-14-8-6-5-7-9-17-14/h13H,5-12H2,1-4H3,(H,17,18). The summed E-state index contributed by atoms with van der Waals surface area (Å²) in [5, 5.41) is 3.76. The van der Waals surface area contributed by atoms with E-state index in [1.165, 1.54) is 44.4 Å². The zero-order valence-electron chi connectivity index (χ0n) is 12.7. The van der Waals surface area contributed by atoms with Crippen molar-refractivity contribution in [3.8, 4) is 0 Å². The van der Waals surface area contributed by atoms with Gasteiger partial charge in [-0.25, -0.2) is 0 Å². The Morgan fingerprint density at radius 1 is 1.00 bits per heavy atom. The molecular weight excluding hydrogens is 220 g/mol. The van der Waals surface area contributed by atoms with E-state index in [9.17, 15) is 0 Å². The van der Waals surface area contributed by atoms with Crippen molar-refractivity contribution in [2.45, 2.75) is 78.7 Å². The molecule has 0 saturated heterocycles. The molecule has 18 heavy (non-hydrogen) atoms. The highest BCUT2D eigenvalue weighted by molar-refractivity contribution is 5.82. The van der Waals surface area contributed by atoms with E-state index < -0.39 is 0 Å². The van der Waals surface area contributed by atoms with Crippen molar-refractivity contribution >= 4 is 5.84 Å². The number of rotatable bonds is 1. The van der Waals surface area contributed by atoms with Crippen LogP contribution in [0.3, 0.4) is 0 Å². The summed E-state index contributed by atoms with van der Waals surface area (Å²) < 4.78 is 0. The van der Waals surface area contributed by atoms with Gasteiger partial charge in [-0.15, -0.1) is 0 Å². The van der Waals surface area contributed by atoms with Gasteiger partial charge in [0.15, 0.2) is 0 Å². The number of amidine groups is 1. The second kappa shape index (κ2) is 5.22. The van der Waals surface area contributed by atoms with Crippen molar-refractivity contribution in [2.75, 3.05) is 6.54 Å². The Labute approximate surface area is 113 Å². The number of hydrogen-bond donors (Lipinski definition) is 1. The van der Waals surface area contributed by atoms with Crippen molar-refractivity contribution in [1.82, 2.24) is 5.32 Å². The van der Waals surface area contributed by atoms with Crippen LogP contribution in [0.2, 0.25) is 0 Å². The first kappa shape index (κ1) is 13.9. The van der Waals surface area contributed by atoms with Gasteiger partial charge in [0.05, 0.1) is 5.84 Å². The molecule has 1 aliphatic carbocycles. The highest BCUT2D eigenvalue weighted by Crippen LogP contribution is 2.45. The minimum atomic E-state index is 0.463. The predicted octanol–water partition coefficient (Wildman–Crippen LogP) is 4.15. The topological polar surface area (TPSA) is 24.4 Å². The Morgan fingerprint density at radius 3 is 2.33 bits per heavy atom. The van der Waals surface area contributed by atoms with E-state index in [1.54, 1.807) is 0 Å². The zero-order valence-corrected chi connectivity index (χ0v) is 12.7. The van der Waals surface area contributed by atoms with E-state index in [1.807, 2.05) is 0 Å². The molecule has 0 aromatic rings. The predicted molar refractivity (Wildman–Crippen MR) is 79.1 cm³/mol. The van der Waals surface area contributed by atoms with Gasteiger partial charge in [-0.2, -0.15) is 0 Å². The maximum atomic E-state index is 4.72. The smallest absolute Gasteiger partial charge is 0.0965 e. The highest BCUT2D eigenvalue weighted by atomic mass is 15.0. The van der Waals surface area contributed by atoms with E-state index in [4.69, 9.17) is 4.99 Å². The van der Waals surface area contributed by atoms with Crippen LogP contribution in [0.15, 0.2) is 4.99 Å². The molecule has 1 fully saturated rings. The van der Waals surface area contributed by atoms with Crippen LogP contribution in [0.1, 0.15) is 72.6 Å². The molecule has 2 rings (SSSR count). The van der Waals surface area contributed by atoms with Crippen molar-refractivity contribution in [2.24, 2.45) is 15.8 Å². The van der Waals surface area contributed by atoms with Crippen molar-refractivity contribution in [1.29, 1.82) is 0 Å². The van der Waals surface area contributed by atoms with Gasteiger partial charge in [-0.1, -0.05) is 34.1 Å².